The molecule has 0 spiro atoms. The summed E-state index contributed by atoms with van der Waals surface area (Å²) in [6.07, 6.45) is 1.80. The van der Waals surface area contributed by atoms with Gasteiger partial charge in [0.05, 0.1) is 0 Å². The van der Waals surface area contributed by atoms with Gasteiger partial charge in [-0.15, -0.1) is 11.3 Å². The third-order valence-corrected chi connectivity index (χ3v) is 2.92. The lowest BCUT2D eigenvalue weighted by atomic mass is 10.1. The van der Waals surface area contributed by atoms with Crippen molar-refractivity contribution in [2.75, 3.05) is 0 Å². The molecule has 2 aromatic rings. The Morgan fingerprint density at radius 2 is 2.14 bits per heavy atom. The second-order valence-corrected chi connectivity index (χ2v) is 4.15. The van der Waals surface area contributed by atoms with Crippen molar-refractivity contribution in [1.82, 2.24) is 0 Å². The van der Waals surface area contributed by atoms with Crippen LogP contribution in [-0.4, -0.2) is 6.29 Å². The molecule has 70 valence electrons. The van der Waals surface area contributed by atoms with Gasteiger partial charge in [-0.1, -0.05) is 24.3 Å². The number of benzene rings is 1. The lowest BCUT2D eigenvalue weighted by Crippen LogP contribution is -1.86. The van der Waals surface area contributed by atoms with Gasteiger partial charge < -0.3 is 0 Å². The molecule has 0 aliphatic heterocycles. The van der Waals surface area contributed by atoms with Crippen LogP contribution in [-0.2, 0) is 6.42 Å². The first kappa shape index (κ1) is 9.16. The van der Waals surface area contributed by atoms with Crippen molar-refractivity contribution in [3.63, 3.8) is 0 Å². The fourth-order valence-corrected chi connectivity index (χ4v) is 2.13. The van der Waals surface area contributed by atoms with E-state index in [1.165, 1.54) is 10.4 Å². The highest BCUT2D eigenvalue weighted by atomic mass is 32.1. The van der Waals surface area contributed by atoms with E-state index >= 15 is 0 Å². The number of rotatable bonds is 3. The summed E-state index contributed by atoms with van der Waals surface area (Å²) < 4.78 is 0. The monoisotopic (exact) mass is 202 g/mol. The third kappa shape index (κ3) is 2.09. The molecule has 0 fully saturated rings. The van der Waals surface area contributed by atoms with Crippen LogP contribution in [0.25, 0.3) is 0 Å². The Morgan fingerprint density at radius 1 is 1.21 bits per heavy atom. The first-order valence-corrected chi connectivity index (χ1v) is 5.33. The zero-order valence-electron chi connectivity index (χ0n) is 7.64. The Labute approximate surface area is 87.0 Å². The molecule has 1 heterocycles. The van der Waals surface area contributed by atoms with E-state index in [2.05, 4.69) is 11.4 Å². The van der Waals surface area contributed by atoms with Crippen molar-refractivity contribution in [2.24, 2.45) is 0 Å². The molecule has 0 saturated heterocycles. The van der Waals surface area contributed by atoms with Gasteiger partial charge in [0.1, 0.15) is 6.29 Å². The third-order valence-electron chi connectivity index (χ3n) is 2.05. The van der Waals surface area contributed by atoms with Crippen LogP contribution in [0.3, 0.4) is 0 Å². The summed E-state index contributed by atoms with van der Waals surface area (Å²) in [7, 11) is 0. The van der Waals surface area contributed by atoms with E-state index < -0.39 is 0 Å². The molecule has 0 unspecified atom stereocenters. The van der Waals surface area contributed by atoms with Crippen LogP contribution in [0.5, 0.6) is 0 Å². The maximum atomic E-state index is 10.6. The lowest BCUT2D eigenvalue weighted by molar-refractivity contribution is 0.112. The number of carbonyl (C=O) groups excluding carboxylic acids is 1. The number of carbonyl (C=O) groups is 1. The molecular formula is C12H10OS. The zero-order valence-corrected chi connectivity index (χ0v) is 8.46. The van der Waals surface area contributed by atoms with Gasteiger partial charge in [-0.3, -0.25) is 4.79 Å². The molecule has 2 rings (SSSR count). The van der Waals surface area contributed by atoms with Crippen LogP contribution in [0.15, 0.2) is 41.8 Å². The molecule has 0 amide bonds. The predicted octanol–water partition coefficient (Wildman–Crippen LogP) is 3.15. The maximum absolute atomic E-state index is 10.6. The van der Waals surface area contributed by atoms with Crippen LogP contribution in [0.2, 0.25) is 0 Å². The number of aldehydes is 1. The van der Waals surface area contributed by atoms with E-state index in [9.17, 15) is 4.79 Å². The van der Waals surface area contributed by atoms with Gasteiger partial charge in [-0.05, 0) is 23.1 Å². The summed E-state index contributed by atoms with van der Waals surface area (Å²) in [6.45, 7) is 0. The molecule has 0 bridgehead atoms. The van der Waals surface area contributed by atoms with Gasteiger partial charge >= 0.3 is 0 Å². The highest BCUT2D eigenvalue weighted by Crippen LogP contribution is 2.15. The average molecular weight is 202 g/mol. The lowest BCUT2D eigenvalue weighted by Gasteiger charge is -1.99. The summed E-state index contributed by atoms with van der Waals surface area (Å²) in [5.74, 6) is 0. The average Bonchev–Trinajstić information content (AvgIpc) is 2.71. The molecule has 1 aromatic carbocycles. The van der Waals surface area contributed by atoms with Gasteiger partial charge in [0, 0.05) is 16.9 Å². The fourth-order valence-electron chi connectivity index (χ4n) is 1.39. The second kappa shape index (κ2) is 4.20. The minimum absolute atomic E-state index is 0.749. The molecule has 0 aliphatic carbocycles. The molecule has 0 saturated carbocycles. The summed E-state index contributed by atoms with van der Waals surface area (Å²) in [5, 5.41) is 2.07. The van der Waals surface area contributed by atoms with Crippen molar-refractivity contribution >= 4 is 17.6 Å². The largest absolute Gasteiger partial charge is 0.298 e. The number of hydrogen-bond donors (Lipinski definition) is 0. The Morgan fingerprint density at radius 3 is 2.86 bits per heavy atom. The SMILES string of the molecule is O=Cc1cccc(Cc2cccs2)c1. The molecule has 0 atom stereocenters. The molecule has 0 radical (unpaired) electrons. The van der Waals surface area contributed by atoms with Gasteiger partial charge in [0.2, 0.25) is 0 Å². The first-order chi connectivity index (χ1) is 6.88. The first-order valence-electron chi connectivity index (χ1n) is 4.45. The van der Waals surface area contributed by atoms with Gasteiger partial charge in [-0.2, -0.15) is 0 Å². The van der Waals surface area contributed by atoms with Gasteiger partial charge in [0.15, 0.2) is 0 Å². The van der Waals surface area contributed by atoms with Crippen molar-refractivity contribution in [3.05, 3.63) is 57.8 Å². The predicted molar refractivity (Wildman–Crippen MR) is 59.0 cm³/mol. The van der Waals surface area contributed by atoms with Crippen molar-refractivity contribution in [3.8, 4) is 0 Å². The fraction of sp³-hybridized carbons (Fsp3) is 0.0833. The van der Waals surface area contributed by atoms with Crippen molar-refractivity contribution in [2.45, 2.75) is 6.42 Å². The Balaban J connectivity index is 2.21. The summed E-state index contributed by atoms with van der Waals surface area (Å²) in [4.78, 5) is 11.9. The van der Waals surface area contributed by atoms with E-state index in [0.29, 0.717) is 0 Å². The summed E-state index contributed by atoms with van der Waals surface area (Å²) >= 11 is 1.74. The smallest absolute Gasteiger partial charge is 0.150 e. The van der Waals surface area contributed by atoms with Gasteiger partial charge in [-0.25, -0.2) is 0 Å². The highest BCUT2D eigenvalue weighted by Gasteiger charge is 1.97. The van der Waals surface area contributed by atoms with Crippen molar-refractivity contribution < 1.29 is 4.79 Å². The molecule has 0 N–H and O–H groups in total. The minimum atomic E-state index is 0.749. The van der Waals surface area contributed by atoms with E-state index in [4.69, 9.17) is 0 Å². The highest BCUT2D eigenvalue weighted by molar-refractivity contribution is 7.09. The molecule has 14 heavy (non-hydrogen) atoms. The molecule has 0 aliphatic rings. The zero-order chi connectivity index (χ0) is 9.80. The van der Waals surface area contributed by atoms with Crippen molar-refractivity contribution in [1.29, 1.82) is 0 Å². The summed E-state index contributed by atoms with van der Waals surface area (Å²) in [6, 6.07) is 11.9. The van der Waals surface area contributed by atoms with E-state index in [0.717, 1.165) is 18.3 Å². The quantitative estimate of drug-likeness (QED) is 0.699. The maximum Gasteiger partial charge on any atom is 0.150 e. The molecular weight excluding hydrogens is 192 g/mol. The molecule has 1 nitrogen and oxygen atoms in total. The standard InChI is InChI=1S/C12H10OS/c13-9-11-4-1-3-10(7-11)8-12-5-2-6-14-12/h1-7,9H,8H2. The van der Waals surface area contributed by atoms with E-state index in [1.807, 2.05) is 30.3 Å². The Hall–Kier alpha value is -1.41. The minimum Gasteiger partial charge on any atom is -0.298 e. The summed E-state index contributed by atoms with van der Waals surface area (Å²) in [5.41, 5.74) is 1.94. The van der Waals surface area contributed by atoms with Crippen LogP contribution in [0, 0.1) is 0 Å². The van der Waals surface area contributed by atoms with Crippen LogP contribution in [0.4, 0.5) is 0 Å². The second-order valence-electron chi connectivity index (χ2n) is 3.12. The normalized spacial score (nSPS) is 10.0. The molecule has 1 aromatic heterocycles. The molecule has 2 heteroatoms. The van der Waals surface area contributed by atoms with Crippen LogP contribution < -0.4 is 0 Å². The van der Waals surface area contributed by atoms with E-state index in [1.54, 1.807) is 11.3 Å². The van der Waals surface area contributed by atoms with E-state index in [-0.39, 0.29) is 0 Å². The topological polar surface area (TPSA) is 17.1 Å². The number of thiophene rings is 1. The number of hydrogen-bond acceptors (Lipinski definition) is 2. The van der Waals surface area contributed by atoms with Crippen LogP contribution in [0.1, 0.15) is 20.8 Å². The van der Waals surface area contributed by atoms with Gasteiger partial charge in [0.25, 0.3) is 0 Å². The Bertz CT molecular complexity index is 418. The van der Waals surface area contributed by atoms with Crippen LogP contribution >= 0.6 is 11.3 Å². The Kier molecular flexibility index (Phi) is 2.75.